The average molecular weight is 431 g/mol. The quantitative estimate of drug-likeness (QED) is 0.259. The van der Waals surface area contributed by atoms with Crippen molar-refractivity contribution in [2.45, 2.75) is 18.7 Å². The molecule has 0 aliphatic rings. The molecule has 3 aromatic rings. The van der Waals surface area contributed by atoms with E-state index in [0.717, 1.165) is 27.4 Å². The lowest BCUT2D eigenvalue weighted by molar-refractivity contribution is -0.384. The summed E-state index contributed by atoms with van der Waals surface area (Å²) in [6.45, 7) is 3.52. The fourth-order valence-electron chi connectivity index (χ4n) is 2.42. The molecule has 0 aliphatic heterocycles. The Labute approximate surface area is 174 Å². The second-order valence-corrected chi connectivity index (χ2v) is 8.24. The first-order valence-corrected chi connectivity index (χ1v) is 10.3. The number of rotatable bonds is 7. The number of esters is 1. The van der Waals surface area contributed by atoms with Gasteiger partial charge >= 0.3 is 5.97 Å². The summed E-state index contributed by atoms with van der Waals surface area (Å²) in [5, 5.41) is 13.7. The molecule has 10 heteroatoms. The summed E-state index contributed by atoms with van der Waals surface area (Å²) < 4.78 is 5.59. The van der Waals surface area contributed by atoms with Crippen molar-refractivity contribution in [1.29, 1.82) is 0 Å². The second-order valence-electron chi connectivity index (χ2n) is 6.19. The zero-order valence-corrected chi connectivity index (χ0v) is 17.3. The smallest absolute Gasteiger partial charge is 0.316 e. The summed E-state index contributed by atoms with van der Waals surface area (Å²) in [5.41, 5.74) is 2.67. The van der Waals surface area contributed by atoms with Gasteiger partial charge in [0.05, 0.1) is 20.9 Å². The molecule has 0 aliphatic carbocycles. The first-order chi connectivity index (χ1) is 13.8. The Hall–Kier alpha value is -2.98. The van der Waals surface area contributed by atoms with Crippen LogP contribution in [0.3, 0.4) is 0 Å². The number of thiazole rings is 1. The normalized spacial score (nSPS) is 10.7. The van der Waals surface area contributed by atoms with E-state index in [9.17, 15) is 19.7 Å². The van der Waals surface area contributed by atoms with Crippen LogP contribution in [0.2, 0.25) is 0 Å². The number of aromatic nitrogens is 1. The summed E-state index contributed by atoms with van der Waals surface area (Å²) in [6, 6.07) is 10.3. The van der Waals surface area contributed by atoms with Gasteiger partial charge in [-0.05, 0) is 31.5 Å². The number of thioether (sulfide) groups is 1. The molecule has 2 aromatic carbocycles. The minimum Gasteiger partial charge on any atom is -0.455 e. The maximum Gasteiger partial charge on any atom is 0.316 e. The first-order valence-electron chi connectivity index (χ1n) is 8.52. The third kappa shape index (κ3) is 5.52. The van der Waals surface area contributed by atoms with Crippen LogP contribution < -0.4 is 5.32 Å². The maximum absolute atomic E-state index is 12.0. The van der Waals surface area contributed by atoms with Crippen LogP contribution in [0, 0.1) is 24.0 Å². The van der Waals surface area contributed by atoms with Crippen molar-refractivity contribution in [2.24, 2.45) is 0 Å². The Morgan fingerprint density at radius 2 is 2.03 bits per heavy atom. The van der Waals surface area contributed by atoms with Gasteiger partial charge in [-0.25, -0.2) is 4.98 Å². The number of hydrogen-bond donors (Lipinski definition) is 1. The van der Waals surface area contributed by atoms with Crippen LogP contribution in [0.4, 0.5) is 10.8 Å². The summed E-state index contributed by atoms with van der Waals surface area (Å²) in [6.07, 6.45) is 0. The number of nitrogens with one attached hydrogen (secondary N) is 1. The summed E-state index contributed by atoms with van der Waals surface area (Å²) in [7, 11) is 0. The molecule has 1 aromatic heterocycles. The topological polar surface area (TPSA) is 111 Å². The molecule has 0 saturated carbocycles. The standard InChI is InChI=1S/C19H17N3O5S2/c1-11-3-4-12(2)15(7-11)28-10-18(24)27-9-17(23)21-19-20-14-6-5-13(22(25)26)8-16(14)29-19/h3-8H,9-10H2,1-2H3,(H,20,21,23). The van der Waals surface area contributed by atoms with E-state index in [4.69, 9.17) is 4.74 Å². The molecule has 0 fully saturated rings. The van der Waals surface area contributed by atoms with Crippen molar-refractivity contribution < 1.29 is 19.2 Å². The molecule has 8 nitrogen and oxygen atoms in total. The fraction of sp³-hybridized carbons (Fsp3) is 0.211. The number of fused-ring (bicyclic) bond motifs is 1. The number of carbonyl (C=O) groups excluding carboxylic acids is 2. The molecule has 0 bridgehead atoms. The predicted octanol–water partition coefficient (Wildman–Crippen LogP) is 4.10. The van der Waals surface area contributed by atoms with Crippen molar-refractivity contribution in [3.63, 3.8) is 0 Å². The molecule has 0 saturated heterocycles. The number of nitrogens with zero attached hydrogens (tertiary/aromatic N) is 2. The number of amides is 1. The number of ether oxygens (including phenoxy) is 1. The number of anilines is 1. The van der Waals surface area contributed by atoms with Gasteiger partial charge in [0, 0.05) is 17.0 Å². The average Bonchev–Trinajstić information content (AvgIpc) is 3.08. The maximum atomic E-state index is 12.0. The van der Waals surface area contributed by atoms with Gasteiger partial charge in [0.1, 0.15) is 0 Å². The van der Waals surface area contributed by atoms with Crippen LogP contribution in [0.25, 0.3) is 10.2 Å². The van der Waals surface area contributed by atoms with Crippen molar-refractivity contribution in [2.75, 3.05) is 17.7 Å². The molecule has 0 radical (unpaired) electrons. The van der Waals surface area contributed by atoms with Gasteiger partial charge in [-0.3, -0.25) is 25.0 Å². The molecule has 1 heterocycles. The first kappa shape index (κ1) is 20.7. The lowest BCUT2D eigenvalue weighted by Crippen LogP contribution is -2.21. The van der Waals surface area contributed by atoms with Crippen LogP contribution >= 0.6 is 23.1 Å². The van der Waals surface area contributed by atoms with Crippen LogP contribution in [-0.2, 0) is 14.3 Å². The van der Waals surface area contributed by atoms with Crippen molar-refractivity contribution >= 4 is 56.0 Å². The molecule has 29 heavy (non-hydrogen) atoms. The number of hydrogen-bond acceptors (Lipinski definition) is 8. The number of nitro benzene ring substituents is 1. The Kier molecular flexibility index (Phi) is 6.45. The molecule has 1 amide bonds. The summed E-state index contributed by atoms with van der Waals surface area (Å²) in [4.78, 5) is 39.4. The highest BCUT2D eigenvalue weighted by Gasteiger charge is 2.14. The molecule has 1 N–H and O–H groups in total. The Bertz CT molecular complexity index is 1100. The largest absolute Gasteiger partial charge is 0.455 e. The van der Waals surface area contributed by atoms with Gasteiger partial charge in [-0.15, -0.1) is 11.8 Å². The molecule has 150 valence electrons. The van der Waals surface area contributed by atoms with E-state index >= 15 is 0 Å². The third-order valence-corrected chi connectivity index (χ3v) is 5.95. The van der Waals surface area contributed by atoms with E-state index in [-0.39, 0.29) is 16.6 Å². The predicted molar refractivity (Wildman–Crippen MR) is 113 cm³/mol. The van der Waals surface area contributed by atoms with E-state index in [2.05, 4.69) is 10.3 Å². The Morgan fingerprint density at radius 1 is 1.24 bits per heavy atom. The van der Waals surface area contributed by atoms with Gasteiger partial charge < -0.3 is 4.74 Å². The van der Waals surface area contributed by atoms with E-state index in [1.807, 2.05) is 32.0 Å². The molecule has 0 spiro atoms. The third-order valence-electron chi connectivity index (χ3n) is 3.88. The van der Waals surface area contributed by atoms with E-state index in [0.29, 0.717) is 10.2 Å². The number of nitro groups is 1. The van der Waals surface area contributed by atoms with Gasteiger partial charge in [0.25, 0.3) is 11.6 Å². The number of aryl methyl sites for hydroxylation is 2. The van der Waals surface area contributed by atoms with Crippen molar-refractivity contribution in [1.82, 2.24) is 4.98 Å². The summed E-state index contributed by atoms with van der Waals surface area (Å²) in [5.74, 6) is -0.919. The van der Waals surface area contributed by atoms with Gasteiger partial charge in [0.15, 0.2) is 11.7 Å². The zero-order valence-electron chi connectivity index (χ0n) is 15.6. The van der Waals surface area contributed by atoms with Crippen LogP contribution in [-0.4, -0.2) is 34.1 Å². The second kappa shape index (κ2) is 9.01. The monoisotopic (exact) mass is 431 g/mol. The lowest BCUT2D eigenvalue weighted by Gasteiger charge is -2.07. The van der Waals surface area contributed by atoms with Crippen molar-refractivity contribution in [3.8, 4) is 0 Å². The van der Waals surface area contributed by atoms with Gasteiger partial charge in [0.2, 0.25) is 0 Å². The zero-order chi connectivity index (χ0) is 21.0. The highest BCUT2D eigenvalue weighted by molar-refractivity contribution is 8.00. The fourth-order valence-corrected chi connectivity index (χ4v) is 4.26. The molecule has 3 rings (SSSR count). The summed E-state index contributed by atoms with van der Waals surface area (Å²) >= 11 is 2.47. The SMILES string of the molecule is Cc1ccc(C)c(SCC(=O)OCC(=O)Nc2nc3ccc([N+](=O)[O-])cc3s2)c1. The van der Waals surface area contributed by atoms with E-state index < -0.39 is 23.4 Å². The molecular formula is C19H17N3O5S2. The highest BCUT2D eigenvalue weighted by atomic mass is 32.2. The van der Waals surface area contributed by atoms with Gasteiger partial charge in [-0.1, -0.05) is 29.0 Å². The van der Waals surface area contributed by atoms with Gasteiger partial charge in [-0.2, -0.15) is 0 Å². The minimum absolute atomic E-state index is 0.0469. The number of non-ortho nitro benzene ring substituents is 1. The molecule has 0 unspecified atom stereocenters. The lowest BCUT2D eigenvalue weighted by atomic mass is 10.2. The Morgan fingerprint density at radius 3 is 2.79 bits per heavy atom. The number of benzene rings is 2. The van der Waals surface area contributed by atoms with E-state index in [1.54, 1.807) is 0 Å². The molecular weight excluding hydrogens is 414 g/mol. The minimum atomic E-state index is -0.524. The van der Waals surface area contributed by atoms with Crippen LogP contribution in [0.1, 0.15) is 11.1 Å². The molecule has 0 atom stereocenters. The highest BCUT2D eigenvalue weighted by Crippen LogP contribution is 2.29. The number of carbonyl (C=O) groups is 2. The van der Waals surface area contributed by atoms with Crippen LogP contribution in [0.15, 0.2) is 41.3 Å². The Balaban J connectivity index is 1.50. The van der Waals surface area contributed by atoms with Crippen molar-refractivity contribution in [3.05, 3.63) is 57.6 Å². The van der Waals surface area contributed by atoms with Crippen LogP contribution in [0.5, 0.6) is 0 Å². The van der Waals surface area contributed by atoms with E-state index in [1.165, 1.54) is 30.0 Å².